The summed E-state index contributed by atoms with van der Waals surface area (Å²) in [7, 11) is 1.79. The Hall–Kier alpha value is -3.79. The van der Waals surface area contributed by atoms with Gasteiger partial charge in [-0.3, -0.25) is 0 Å². The molecule has 0 saturated carbocycles. The molecule has 0 heterocycles. The van der Waals surface area contributed by atoms with Crippen LogP contribution >= 0.6 is 0 Å². The van der Waals surface area contributed by atoms with E-state index in [1.165, 1.54) is 147 Å². The van der Waals surface area contributed by atoms with E-state index in [1.807, 2.05) is 0 Å². The average Bonchev–Trinajstić information content (AvgIpc) is 3.81. The van der Waals surface area contributed by atoms with Gasteiger partial charge in [0.2, 0.25) is 0 Å². The quantitative estimate of drug-likeness (QED) is 0.126. The molecule has 0 unspecified atom stereocenters. The van der Waals surface area contributed by atoms with Crippen LogP contribution in [0.2, 0.25) is 13.1 Å². The number of benzene rings is 5. The van der Waals surface area contributed by atoms with Crippen LogP contribution in [0.15, 0.2) is 84.9 Å². The number of aryl methyl sites for hydroxylation is 8. The first kappa shape index (κ1) is 42.8. The molecule has 57 heavy (non-hydrogen) atoms. The molecule has 3 heteroatoms. The average molecular weight is 934 g/mol. The number of methoxy groups -OCH3 is 1. The van der Waals surface area contributed by atoms with E-state index in [-0.39, 0.29) is 10.9 Å². The van der Waals surface area contributed by atoms with Gasteiger partial charge in [-0.15, -0.1) is 50.9 Å². The van der Waals surface area contributed by atoms with Crippen LogP contribution in [0.5, 0.6) is 5.75 Å². The molecule has 0 bridgehead atoms. The van der Waals surface area contributed by atoms with Crippen molar-refractivity contribution in [1.82, 2.24) is 0 Å². The molecule has 292 valence electrons. The Morgan fingerprint density at radius 3 is 1.40 bits per heavy atom. The van der Waals surface area contributed by atoms with Gasteiger partial charge in [-0.05, 0) is 88.5 Å². The topological polar surface area (TPSA) is 9.23 Å². The summed E-state index contributed by atoms with van der Waals surface area (Å²) >= 11 is 1.45. The van der Waals surface area contributed by atoms with E-state index in [9.17, 15) is 0 Å². The molecule has 0 atom stereocenters. The van der Waals surface area contributed by atoms with E-state index in [0.29, 0.717) is 0 Å². The van der Waals surface area contributed by atoms with Gasteiger partial charge in [-0.1, -0.05) is 150 Å². The van der Waals surface area contributed by atoms with Crippen LogP contribution in [-0.2, 0) is 41.3 Å². The molecule has 1 aliphatic carbocycles. The van der Waals surface area contributed by atoms with Gasteiger partial charge >= 0.3 is 41.6 Å². The van der Waals surface area contributed by atoms with Crippen LogP contribution in [0, 0.1) is 55.4 Å². The number of fused-ring (bicyclic) bond motifs is 3. The molecule has 0 saturated heterocycles. The van der Waals surface area contributed by atoms with Crippen LogP contribution in [0.1, 0.15) is 88.4 Å². The zero-order chi connectivity index (χ0) is 41.5. The fraction of sp³-hybridized carbons (Fsp3) is 0.333. The molecule has 0 fully saturated rings. The molecule has 0 radical (unpaired) electrons. The summed E-state index contributed by atoms with van der Waals surface area (Å²) in [4.78, 5) is 0. The summed E-state index contributed by atoms with van der Waals surface area (Å²) in [6.07, 6.45) is 3.64. The maximum atomic E-state index is 5.95. The third-order valence-corrected chi connectivity index (χ3v) is 11.0. The summed E-state index contributed by atoms with van der Waals surface area (Å²) < 4.78 is 5.95. The summed E-state index contributed by atoms with van der Waals surface area (Å²) in [5.41, 5.74) is 23.6. The number of rotatable bonds is 4. The minimum Gasteiger partial charge on any atom is -0.165 e. The largest absolute Gasteiger partial charge is 0.165 e. The van der Waals surface area contributed by atoms with Gasteiger partial charge in [0.15, 0.2) is 0 Å². The first-order chi connectivity index (χ1) is 26.8. The third-order valence-electron chi connectivity index (χ3n) is 11.0. The van der Waals surface area contributed by atoms with Crippen molar-refractivity contribution in [2.24, 2.45) is 0 Å². The monoisotopic (exact) mass is 934 g/mol. The number of hydrogen-bond acceptors (Lipinski definition) is 1. The molecular formula is C54H62HfOSi. The van der Waals surface area contributed by atoms with E-state index < -0.39 is 0 Å². The smallest absolute Gasteiger partial charge is 0.0271 e. The summed E-state index contributed by atoms with van der Waals surface area (Å²) in [5, 5.41) is 5.44. The molecule has 1 aliphatic rings. The van der Waals surface area contributed by atoms with Crippen molar-refractivity contribution < 1.29 is 27.7 Å². The maximum absolute atomic E-state index is 5.95. The second kappa shape index (κ2) is 17.2. The van der Waals surface area contributed by atoms with E-state index in [1.54, 1.807) is 18.2 Å². The van der Waals surface area contributed by atoms with Gasteiger partial charge in [0.1, 0.15) is 5.75 Å². The zero-order valence-electron chi connectivity index (χ0n) is 37.1. The standard InChI is InChI=1S/C29H29.C23H27O.C2H6Si.Hf/c1-17-9-18(2)12-22(11-17)28-24-7-6-8-25(24)29(27-16-21(5)15-26(27)28)23-13-19(3)10-20(4)14-23;1-14-8-15(2)11-18(10-14)21-19-12-16(3)9-17(19)13-20(22(21)24-7)23(4,5)6;1-3-2;/h9-16H,6-8H2,1-5H3;8-13H,1-7H3;1-2H3;/q2*-1;;+2. The van der Waals surface area contributed by atoms with Gasteiger partial charge in [0.05, 0.1) is 7.11 Å². The molecule has 0 N–H and O–H groups in total. The van der Waals surface area contributed by atoms with Crippen LogP contribution in [0.3, 0.4) is 0 Å². The Balaban J connectivity index is 0.000000179. The summed E-state index contributed by atoms with van der Waals surface area (Å²) in [6.45, 7) is 29.0. The predicted octanol–water partition coefficient (Wildman–Crippen LogP) is 15.2. The Labute approximate surface area is 358 Å². The molecule has 7 aromatic rings. The second-order valence-corrected chi connectivity index (χ2v) is 30.9. The van der Waals surface area contributed by atoms with Gasteiger partial charge in [0, 0.05) is 0 Å². The van der Waals surface area contributed by atoms with Crippen molar-refractivity contribution in [3.05, 3.63) is 146 Å². The normalized spacial score (nSPS) is 12.3. The molecule has 8 rings (SSSR count). The predicted molar refractivity (Wildman–Crippen MR) is 248 cm³/mol. The minimum absolute atomic E-state index is 0.0261. The van der Waals surface area contributed by atoms with Crippen molar-refractivity contribution in [2.45, 2.75) is 114 Å². The minimum atomic E-state index is 0.0261. The Morgan fingerprint density at radius 1 is 0.544 bits per heavy atom. The Kier molecular flexibility index (Phi) is 12.9. The molecule has 0 aromatic heterocycles. The van der Waals surface area contributed by atoms with Crippen LogP contribution in [0.4, 0.5) is 0 Å². The van der Waals surface area contributed by atoms with Crippen molar-refractivity contribution in [2.75, 3.05) is 7.11 Å². The van der Waals surface area contributed by atoms with Crippen LogP contribution in [-0.4, -0.2) is 12.6 Å². The van der Waals surface area contributed by atoms with Gasteiger partial charge in [-0.25, -0.2) is 0 Å². The second-order valence-electron chi connectivity index (χ2n) is 18.2. The van der Waals surface area contributed by atoms with Gasteiger partial charge in [0.25, 0.3) is 0 Å². The maximum Gasteiger partial charge on any atom is -0.0271 e. The van der Waals surface area contributed by atoms with Crippen molar-refractivity contribution in [3.8, 4) is 39.1 Å². The Bertz CT molecular complexity index is 2470. The van der Waals surface area contributed by atoms with E-state index >= 15 is 0 Å². The van der Waals surface area contributed by atoms with E-state index in [4.69, 9.17) is 4.74 Å². The number of hydrogen-bond donors (Lipinski definition) is 0. The molecule has 1 nitrogen and oxygen atoms in total. The number of ether oxygens (including phenoxy) is 1. The van der Waals surface area contributed by atoms with Crippen LogP contribution < -0.4 is 4.74 Å². The summed E-state index contributed by atoms with van der Waals surface area (Å²) in [6, 6.07) is 32.5. The van der Waals surface area contributed by atoms with Crippen molar-refractivity contribution >= 4 is 27.0 Å². The van der Waals surface area contributed by atoms with Crippen LogP contribution in [0.25, 0.3) is 54.9 Å². The third kappa shape index (κ3) is 9.42. The molecular weight excluding hydrogens is 871 g/mol. The first-order valence-corrected chi connectivity index (χ1v) is 28.5. The van der Waals surface area contributed by atoms with E-state index in [0.717, 1.165) is 5.75 Å². The fourth-order valence-corrected chi connectivity index (χ4v) is 9.25. The zero-order valence-corrected chi connectivity index (χ0v) is 41.7. The van der Waals surface area contributed by atoms with Gasteiger partial charge in [-0.2, -0.15) is 12.1 Å². The van der Waals surface area contributed by atoms with Gasteiger partial charge < -0.3 is 4.74 Å². The molecule has 0 aliphatic heterocycles. The molecule has 7 aromatic carbocycles. The van der Waals surface area contributed by atoms with Crippen molar-refractivity contribution in [1.29, 1.82) is 0 Å². The molecule has 0 amide bonds. The fourth-order valence-electron chi connectivity index (χ4n) is 9.25. The van der Waals surface area contributed by atoms with E-state index in [2.05, 4.69) is 174 Å². The van der Waals surface area contributed by atoms with Crippen molar-refractivity contribution in [3.63, 3.8) is 0 Å². The Morgan fingerprint density at radius 2 is 0.947 bits per heavy atom. The summed E-state index contributed by atoms with van der Waals surface area (Å²) in [5.74, 6) is 1.01. The molecule has 0 spiro atoms. The SMILES string of the molecule is COc1c(C(C)(C)C)cc2[cH-]c(C)cc2c1-c1cc(C)cc(C)c1.C[Si](C)=[Hf+2].Cc1cc(C)cc(-c2c3c(c(-c4cc(C)cc(C)c4)c4[cH-]c(C)cc24)CCC3)c1. The first-order valence-electron chi connectivity index (χ1n) is 20.7.